The molecule has 0 atom stereocenters. The number of fused-ring (bicyclic) bond motifs is 1. The van der Waals surface area contributed by atoms with Gasteiger partial charge in [-0.1, -0.05) is 18.2 Å². The van der Waals surface area contributed by atoms with Crippen LogP contribution < -0.4 is 9.80 Å². The summed E-state index contributed by atoms with van der Waals surface area (Å²) < 4.78 is 39.3. The number of alkyl halides is 3. The number of nitrogens with zero attached hydrogens (tertiary/aromatic N) is 4. The van der Waals surface area contributed by atoms with Crippen molar-refractivity contribution in [2.24, 2.45) is 0 Å². The lowest BCUT2D eigenvalue weighted by molar-refractivity contribution is -0.137. The maximum Gasteiger partial charge on any atom is 0.416 e. The summed E-state index contributed by atoms with van der Waals surface area (Å²) in [5, 5.41) is 9.98. The van der Waals surface area contributed by atoms with Gasteiger partial charge >= 0.3 is 6.18 Å². The Balaban J connectivity index is 1.36. The van der Waals surface area contributed by atoms with Crippen LogP contribution >= 0.6 is 0 Å². The highest BCUT2D eigenvalue weighted by atomic mass is 19.4. The predicted molar refractivity (Wildman–Crippen MR) is 132 cm³/mol. The van der Waals surface area contributed by atoms with Crippen LogP contribution in [-0.2, 0) is 6.18 Å². The van der Waals surface area contributed by atoms with E-state index in [-0.39, 0.29) is 5.75 Å². The lowest BCUT2D eigenvalue weighted by atomic mass is 9.96. The van der Waals surface area contributed by atoms with E-state index in [0.717, 1.165) is 45.2 Å². The van der Waals surface area contributed by atoms with Gasteiger partial charge in [0, 0.05) is 31.9 Å². The van der Waals surface area contributed by atoms with Gasteiger partial charge in [-0.2, -0.15) is 13.2 Å². The van der Waals surface area contributed by atoms with E-state index < -0.39 is 11.7 Å². The molecule has 1 fully saturated rings. The molecule has 1 aliphatic heterocycles. The Morgan fingerprint density at radius 3 is 2.31 bits per heavy atom. The fraction of sp³-hybridized carbons (Fsp3) is 0.259. The molecule has 8 heteroatoms. The Bertz CT molecular complexity index is 1400. The average molecular weight is 479 g/mol. The van der Waals surface area contributed by atoms with E-state index in [1.165, 1.54) is 12.1 Å². The number of phenolic OH excluding ortho intramolecular Hbond substituents is 1. The van der Waals surface area contributed by atoms with E-state index in [9.17, 15) is 18.3 Å². The minimum atomic E-state index is -4.35. The Morgan fingerprint density at radius 1 is 0.829 bits per heavy atom. The fourth-order valence-electron chi connectivity index (χ4n) is 4.51. The summed E-state index contributed by atoms with van der Waals surface area (Å²) in [6.45, 7) is 6.32. The highest BCUT2D eigenvalue weighted by molar-refractivity contribution is 5.83. The Morgan fingerprint density at radius 2 is 1.57 bits per heavy atom. The Kier molecular flexibility index (Phi) is 5.75. The zero-order valence-electron chi connectivity index (χ0n) is 19.5. The molecule has 180 valence electrons. The maximum atomic E-state index is 13.1. The van der Waals surface area contributed by atoms with E-state index in [1.807, 2.05) is 43.0 Å². The number of anilines is 2. The molecule has 1 aliphatic rings. The Labute approximate surface area is 201 Å². The first-order chi connectivity index (χ1) is 16.7. The summed E-state index contributed by atoms with van der Waals surface area (Å²) in [4.78, 5) is 13.5. The van der Waals surface area contributed by atoms with Gasteiger partial charge in [0.2, 0.25) is 0 Å². The number of aromatic hydroxyl groups is 1. The van der Waals surface area contributed by atoms with Crippen LogP contribution in [0.3, 0.4) is 0 Å². The van der Waals surface area contributed by atoms with Crippen molar-refractivity contribution in [2.75, 3.05) is 36.0 Å². The van der Waals surface area contributed by atoms with E-state index in [1.54, 1.807) is 18.3 Å². The fourth-order valence-corrected chi connectivity index (χ4v) is 4.51. The van der Waals surface area contributed by atoms with Crippen LogP contribution in [0.15, 0.2) is 60.8 Å². The summed E-state index contributed by atoms with van der Waals surface area (Å²) in [5.41, 5.74) is 5.39. The van der Waals surface area contributed by atoms with Crippen LogP contribution in [-0.4, -0.2) is 41.3 Å². The average Bonchev–Trinajstić information content (AvgIpc) is 2.86. The molecule has 5 rings (SSSR count). The van der Waals surface area contributed by atoms with Crippen LogP contribution in [0.25, 0.3) is 22.2 Å². The van der Waals surface area contributed by atoms with Crippen LogP contribution in [0.4, 0.5) is 24.7 Å². The SMILES string of the molecule is Cc1c(O)ccc(-c2ccc3ncc(N4CCN(c5cccc(C(F)(F)F)c5)CC4)nc3c2)c1C. The number of rotatable bonds is 3. The number of halogens is 3. The zero-order valence-corrected chi connectivity index (χ0v) is 19.5. The third kappa shape index (κ3) is 4.48. The molecule has 0 unspecified atom stereocenters. The molecule has 35 heavy (non-hydrogen) atoms. The number of piperazine rings is 1. The van der Waals surface area contributed by atoms with Crippen LogP contribution in [0.5, 0.6) is 5.75 Å². The van der Waals surface area contributed by atoms with Crippen LogP contribution in [0, 0.1) is 13.8 Å². The minimum absolute atomic E-state index is 0.276. The number of hydrogen-bond donors (Lipinski definition) is 1. The number of hydrogen-bond acceptors (Lipinski definition) is 5. The third-order valence-corrected chi connectivity index (χ3v) is 6.74. The van der Waals surface area contributed by atoms with Crippen molar-refractivity contribution < 1.29 is 18.3 Å². The van der Waals surface area contributed by atoms with Gasteiger partial charge in [-0.15, -0.1) is 0 Å². The molecule has 1 N–H and O–H groups in total. The monoisotopic (exact) mass is 478 g/mol. The van der Waals surface area contributed by atoms with Crippen LogP contribution in [0.1, 0.15) is 16.7 Å². The van der Waals surface area contributed by atoms with Gasteiger partial charge in [-0.3, -0.25) is 4.98 Å². The molecule has 1 saturated heterocycles. The van der Waals surface area contributed by atoms with Gasteiger partial charge in [-0.05, 0) is 72.5 Å². The van der Waals surface area contributed by atoms with Gasteiger partial charge in [0.25, 0.3) is 0 Å². The second kappa shape index (κ2) is 8.76. The number of phenols is 1. The van der Waals surface area contributed by atoms with Gasteiger partial charge < -0.3 is 14.9 Å². The molecular weight excluding hydrogens is 453 g/mol. The highest BCUT2D eigenvalue weighted by Crippen LogP contribution is 2.33. The van der Waals surface area contributed by atoms with Crippen molar-refractivity contribution >= 4 is 22.5 Å². The quantitative estimate of drug-likeness (QED) is 0.394. The van der Waals surface area contributed by atoms with Crippen molar-refractivity contribution in [1.82, 2.24) is 9.97 Å². The van der Waals surface area contributed by atoms with E-state index in [4.69, 9.17) is 4.98 Å². The molecule has 0 aliphatic carbocycles. The molecule has 0 amide bonds. The molecule has 0 spiro atoms. The summed E-state index contributed by atoms with van der Waals surface area (Å²) in [6.07, 6.45) is -2.60. The van der Waals surface area contributed by atoms with Crippen LogP contribution in [0.2, 0.25) is 0 Å². The van der Waals surface area contributed by atoms with Crippen molar-refractivity contribution in [2.45, 2.75) is 20.0 Å². The van der Waals surface area contributed by atoms with Crippen molar-refractivity contribution in [1.29, 1.82) is 0 Å². The Hall–Kier alpha value is -3.81. The third-order valence-electron chi connectivity index (χ3n) is 6.74. The molecule has 0 radical (unpaired) electrons. The van der Waals surface area contributed by atoms with Gasteiger partial charge in [0.05, 0.1) is 22.8 Å². The first-order valence-electron chi connectivity index (χ1n) is 11.4. The highest BCUT2D eigenvalue weighted by Gasteiger charge is 2.31. The smallest absolute Gasteiger partial charge is 0.416 e. The molecule has 0 bridgehead atoms. The van der Waals surface area contributed by atoms with Gasteiger partial charge in [0.1, 0.15) is 11.6 Å². The summed E-state index contributed by atoms with van der Waals surface area (Å²) in [5.74, 6) is 1.02. The topological polar surface area (TPSA) is 52.5 Å². The van der Waals surface area contributed by atoms with Crippen molar-refractivity contribution in [3.05, 3.63) is 77.5 Å². The minimum Gasteiger partial charge on any atom is -0.508 e. The number of benzene rings is 3. The first-order valence-corrected chi connectivity index (χ1v) is 11.4. The summed E-state index contributed by atoms with van der Waals surface area (Å²) >= 11 is 0. The molecule has 2 heterocycles. The summed E-state index contributed by atoms with van der Waals surface area (Å²) in [6, 6.07) is 15.0. The molecule has 5 nitrogen and oxygen atoms in total. The van der Waals surface area contributed by atoms with E-state index in [2.05, 4.69) is 9.88 Å². The van der Waals surface area contributed by atoms with Gasteiger partial charge in [0.15, 0.2) is 0 Å². The van der Waals surface area contributed by atoms with Crippen molar-refractivity contribution in [3.63, 3.8) is 0 Å². The lowest BCUT2D eigenvalue weighted by Crippen LogP contribution is -2.46. The van der Waals surface area contributed by atoms with Gasteiger partial charge in [-0.25, -0.2) is 4.98 Å². The molecule has 3 aromatic carbocycles. The maximum absolute atomic E-state index is 13.1. The van der Waals surface area contributed by atoms with Crippen molar-refractivity contribution in [3.8, 4) is 16.9 Å². The first kappa shape index (κ1) is 23.0. The number of aromatic nitrogens is 2. The second-order valence-corrected chi connectivity index (χ2v) is 8.84. The largest absolute Gasteiger partial charge is 0.508 e. The summed E-state index contributed by atoms with van der Waals surface area (Å²) in [7, 11) is 0. The molecular formula is C27H25F3N4O. The predicted octanol–water partition coefficient (Wildman–Crippen LogP) is 5.96. The zero-order chi connectivity index (χ0) is 24.7. The normalized spacial score (nSPS) is 14.5. The lowest BCUT2D eigenvalue weighted by Gasteiger charge is -2.36. The standard InChI is InChI=1S/C27H25F3N4O/c1-17-18(2)25(35)9-7-22(17)19-6-8-23-24(14-19)32-26(16-31-23)34-12-10-33(11-13-34)21-5-3-4-20(15-21)27(28,29)30/h3-9,14-16,35H,10-13H2,1-2H3. The molecule has 0 saturated carbocycles. The molecule has 4 aromatic rings. The molecule has 1 aromatic heterocycles. The van der Waals surface area contributed by atoms with E-state index in [0.29, 0.717) is 31.9 Å². The second-order valence-electron chi connectivity index (χ2n) is 8.84. The van der Waals surface area contributed by atoms with E-state index >= 15 is 0 Å².